The van der Waals surface area contributed by atoms with Crippen LogP contribution in [0, 0.1) is 5.92 Å². The van der Waals surface area contributed by atoms with Crippen molar-refractivity contribution in [3.63, 3.8) is 0 Å². The zero-order valence-corrected chi connectivity index (χ0v) is 17.7. The van der Waals surface area contributed by atoms with Crippen LogP contribution in [-0.4, -0.2) is 47.2 Å². The van der Waals surface area contributed by atoms with Gasteiger partial charge in [-0.2, -0.15) is 8.78 Å². The van der Waals surface area contributed by atoms with E-state index in [1.807, 2.05) is 16.7 Å². The van der Waals surface area contributed by atoms with Gasteiger partial charge in [-0.3, -0.25) is 14.6 Å². The van der Waals surface area contributed by atoms with Crippen molar-refractivity contribution < 1.29 is 13.5 Å². The summed E-state index contributed by atoms with van der Waals surface area (Å²) in [7, 11) is 0. The van der Waals surface area contributed by atoms with Gasteiger partial charge in [0.25, 0.3) is 5.56 Å². The molecule has 0 spiro atoms. The van der Waals surface area contributed by atoms with Crippen LogP contribution in [0.25, 0.3) is 0 Å². The number of hydrogen-bond donors (Lipinski definition) is 0. The molecule has 0 N–H and O–H groups in total. The first kappa shape index (κ1) is 20.6. The van der Waals surface area contributed by atoms with Crippen molar-refractivity contribution in [3.8, 4) is 5.75 Å². The Morgan fingerprint density at radius 1 is 1.00 bits per heavy atom. The first-order valence-electron chi connectivity index (χ1n) is 11.3. The van der Waals surface area contributed by atoms with Crippen LogP contribution in [0.2, 0.25) is 0 Å². The number of pyridine rings is 1. The molecule has 0 radical (unpaired) electrons. The maximum atomic E-state index is 13.2. The summed E-state index contributed by atoms with van der Waals surface area (Å²) in [6, 6.07) is 11.2. The Labute approximate surface area is 181 Å². The van der Waals surface area contributed by atoms with Crippen molar-refractivity contribution in [2.24, 2.45) is 5.92 Å². The molecular weight excluding hydrogens is 400 g/mol. The third kappa shape index (κ3) is 4.53. The van der Waals surface area contributed by atoms with Gasteiger partial charge in [0.15, 0.2) is 0 Å². The quantitative estimate of drug-likeness (QED) is 0.702. The lowest BCUT2D eigenvalue weighted by Crippen LogP contribution is -2.47. The molecule has 0 saturated carbocycles. The fourth-order valence-electron chi connectivity index (χ4n) is 5.60. The summed E-state index contributed by atoms with van der Waals surface area (Å²) >= 11 is 0. The zero-order valence-electron chi connectivity index (χ0n) is 17.7. The second-order valence-electron chi connectivity index (χ2n) is 9.20. The van der Waals surface area contributed by atoms with E-state index in [1.165, 1.54) is 12.8 Å². The molecule has 0 unspecified atom stereocenters. The van der Waals surface area contributed by atoms with E-state index < -0.39 is 6.61 Å². The average Bonchev–Trinajstić information content (AvgIpc) is 3.23. The van der Waals surface area contributed by atoms with E-state index >= 15 is 0 Å². The van der Waals surface area contributed by atoms with Crippen molar-refractivity contribution in [1.29, 1.82) is 0 Å². The molecule has 2 fully saturated rings. The average molecular weight is 430 g/mol. The number of fused-ring (bicyclic) bond motifs is 4. The molecule has 2 aromatic rings. The van der Waals surface area contributed by atoms with Crippen LogP contribution in [0.5, 0.6) is 5.75 Å². The number of ether oxygens (including phenoxy) is 1. The lowest BCUT2D eigenvalue weighted by atomic mass is 9.82. The molecule has 5 nitrogen and oxygen atoms in total. The molecule has 1 aromatic heterocycles. The van der Waals surface area contributed by atoms with Crippen molar-refractivity contribution in [1.82, 2.24) is 14.4 Å². The Hall–Kier alpha value is -2.25. The van der Waals surface area contributed by atoms with Gasteiger partial charge < -0.3 is 9.30 Å². The highest BCUT2D eigenvalue weighted by molar-refractivity contribution is 5.29. The second kappa shape index (κ2) is 8.71. The molecule has 31 heavy (non-hydrogen) atoms. The molecule has 2 bridgehead atoms. The van der Waals surface area contributed by atoms with Crippen LogP contribution in [0.15, 0.2) is 41.2 Å². The third-order valence-corrected chi connectivity index (χ3v) is 6.88. The summed E-state index contributed by atoms with van der Waals surface area (Å²) in [6.45, 7) is 3.39. The summed E-state index contributed by atoms with van der Waals surface area (Å²) in [5.74, 6) is 0.972. The number of benzene rings is 1. The van der Waals surface area contributed by atoms with Crippen LogP contribution in [-0.2, 0) is 19.6 Å². The van der Waals surface area contributed by atoms with Gasteiger partial charge in [-0.15, -0.1) is 0 Å². The molecule has 3 aliphatic rings. The first-order valence-corrected chi connectivity index (χ1v) is 11.3. The maximum Gasteiger partial charge on any atom is 0.387 e. The van der Waals surface area contributed by atoms with Gasteiger partial charge in [-0.1, -0.05) is 18.2 Å². The molecule has 2 atom stereocenters. The number of likely N-dealkylation sites (tertiary alicyclic amines) is 2. The Balaban J connectivity index is 1.30. The summed E-state index contributed by atoms with van der Waals surface area (Å²) in [5.41, 5.74) is 3.21. The summed E-state index contributed by atoms with van der Waals surface area (Å²) in [4.78, 5) is 17.9. The fourth-order valence-corrected chi connectivity index (χ4v) is 5.60. The van der Waals surface area contributed by atoms with E-state index in [-0.39, 0.29) is 11.3 Å². The van der Waals surface area contributed by atoms with E-state index in [0.29, 0.717) is 18.4 Å². The van der Waals surface area contributed by atoms with Gasteiger partial charge in [0.1, 0.15) is 5.75 Å². The minimum Gasteiger partial charge on any atom is -0.435 e. The molecule has 5 rings (SSSR count). The number of halogens is 2. The molecule has 166 valence electrons. The van der Waals surface area contributed by atoms with E-state index in [0.717, 1.165) is 62.5 Å². The highest BCUT2D eigenvalue weighted by Crippen LogP contribution is 2.36. The number of hydrogen-bond acceptors (Lipinski definition) is 4. The first-order chi connectivity index (χ1) is 15.0. The SMILES string of the molecule is O=c1c(CN2CCCC2)ccc2n1C[C@H]1C[C@@H]2CN(Cc2cccc(OC(F)F)c2)C1. The Morgan fingerprint density at radius 3 is 2.65 bits per heavy atom. The molecule has 2 saturated heterocycles. The fraction of sp³-hybridized carbons (Fsp3) is 0.542. The van der Waals surface area contributed by atoms with Crippen molar-refractivity contribution >= 4 is 0 Å². The van der Waals surface area contributed by atoms with Gasteiger partial charge in [-0.05, 0) is 62.0 Å². The summed E-state index contributed by atoms with van der Waals surface area (Å²) in [6.07, 6.45) is 3.56. The van der Waals surface area contributed by atoms with Crippen LogP contribution < -0.4 is 10.3 Å². The maximum absolute atomic E-state index is 13.2. The largest absolute Gasteiger partial charge is 0.435 e. The summed E-state index contributed by atoms with van der Waals surface area (Å²) in [5, 5.41) is 0. The van der Waals surface area contributed by atoms with Crippen molar-refractivity contribution in [2.75, 3.05) is 26.2 Å². The topological polar surface area (TPSA) is 37.7 Å². The highest BCUT2D eigenvalue weighted by Gasteiger charge is 2.35. The molecule has 3 aliphatic heterocycles. The Kier molecular flexibility index (Phi) is 5.80. The molecule has 7 heteroatoms. The summed E-state index contributed by atoms with van der Waals surface area (Å²) < 4.78 is 31.6. The molecule has 4 heterocycles. The van der Waals surface area contributed by atoms with Crippen LogP contribution >= 0.6 is 0 Å². The highest BCUT2D eigenvalue weighted by atomic mass is 19.3. The number of aromatic nitrogens is 1. The van der Waals surface area contributed by atoms with Gasteiger partial charge in [-0.25, -0.2) is 0 Å². The number of piperidine rings is 1. The van der Waals surface area contributed by atoms with E-state index in [2.05, 4.69) is 20.6 Å². The van der Waals surface area contributed by atoms with Crippen LogP contribution in [0.3, 0.4) is 0 Å². The minimum atomic E-state index is -2.81. The van der Waals surface area contributed by atoms with Gasteiger partial charge in [0.2, 0.25) is 0 Å². The van der Waals surface area contributed by atoms with Crippen LogP contribution in [0.4, 0.5) is 8.78 Å². The predicted octanol–water partition coefficient (Wildman–Crippen LogP) is 3.66. The number of nitrogens with zero attached hydrogens (tertiary/aromatic N) is 3. The molecule has 1 aromatic carbocycles. The molecular formula is C24H29F2N3O2. The van der Waals surface area contributed by atoms with Gasteiger partial charge >= 0.3 is 6.61 Å². The smallest absolute Gasteiger partial charge is 0.387 e. The second-order valence-corrected chi connectivity index (χ2v) is 9.20. The number of alkyl halides is 2. The van der Waals surface area contributed by atoms with E-state index in [1.54, 1.807) is 18.2 Å². The third-order valence-electron chi connectivity index (χ3n) is 6.88. The monoisotopic (exact) mass is 429 g/mol. The normalized spacial score (nSPS) is 23.8. The van der Waals surface area contributed by atoms with E-state index in [4.69, 9.17) is 0 Å². The standard InChI is InChI=1S/C24H29F2N3O2/c25-24(26)31-21-5-3-4-17(11-21)12-28-13-18-10-20(16-28)22-7-6-19(23(30)29(22)14-18)15-27-8-1-2-9-27/h3-7,11,18,20,24H,1-2,8-10,12-16H2/t18-,20+/m0/s1. The Morgan fingerprint density at radius 2 is 1.84 bits per heavy atom. The molecule has 0 aliphatic carbocycles. The van der Waals surface area contributed by atoms with E-state index in [9.17, 15) is 13.6 Å². The minimum absolute atomic E-state index is 0.185. The van der Waals surface area contributed by atoms with Crippen molar-refractivity contribution in [3.05, 3.63) is 63.6 Å². The van der Waals surface area contributed by atoms with Gasteiger partial charge in [0.05, 0.1) is 0 Å². The van der Waals surface area contributed by atoms with Gasteiger partial charge in [0, 0.05) is 49.9 Å². The predicted molar refractivity (Wildman–Crippen MR) is 114 cm³/mol. The van der Waals surface area contributed by atoms with Crippen LogP contribution in [0.1, 0.15) is 42.0 Å². The van der Waals surface area contributed by atoms with Crippen molar-refractivity contribution in [2.45, 2.75) is 51.4 Å². The Bertz CT molecular complexity index is 987. The zero-order chi connectivity index (χ0) is 21.4. The lowest BCUT2D eigenvalue weighted by molar-refractivity contribution is -0.0499. The number of rotatable bonds is 6. The molecule has 0 amide bonds. The lowest BCUT2D eigenvalue weighted by Gasteiger charge is -2.43.